The van der Waals surface area contributed by atoms with Crippen molar-refractivity contribution in [3.8, 4) is 5.75 Å². The quantitative estimate of drug-likeness (QED) is 0.281. The van der Waals surface area contributed by atoms with Crippen molar-refractivity contribution in [2.45, 2.75) is 39.7 Å². The molecule has 1 aliphatic rings. The van der Waals surface area contributed by atoms with Crippen molar-refractivity contribution in [2.75, 3.05) is 26.8 Å². The first kappa shape index (κ1) is 25.0. The van der Waals surface area contributed by atoms with E-state index < -0.39 is 5.60 Å². The number of carbonyl (C=O) groups excluding carboxylic acids is 1. The normalized spacial score (nSPS) is 20.9. The van der Waals surface area contributed by atoms with Gasteiger partial charge in [0.05, 0.1) is 13.7 Å². The minimum absolute atomic E-state index is 0.0810. The number of nitrogens with zero attached hydrogens (tertiary/aromatic N) is 1. The molecule has 0 radical (unpaired) electrons. The van der Waals surface area contributed by atoms with Crippen LogP contribution >= 0.6 is 0 Å². The third kappa shape index (κ3) is 4.60. The van der Waals surface area contributed by atoms with Gasteiger partial charge >= 0.3 is 0 Å². The Morgan fingerprint density at radius 2 is 1.43 bits per heavy atom. The zero-order valence-corrected chi connectivity index (χ0v) is 21.6. The molecule has 0 aromatic heterocycles. The highest BCUT2D eigenvalue weighted by Crippen LogP contribution is 2.49. The molecule has 3 aromatic rings. The molecule has 0 N–H and O–H groups in total. The summed E-state index contributed by atoms with van der Waals surface area (Å²) in [4.78, 5) is 13.5. The molecule has 2 atom stereocenters. The molecule has 0 spiro atoms. The van der Waals surface area contributed by atoms with Gasteiger partial charge in [-0.15, -0.1) is 0 Å². The van der Waals surface area contributed by atoms with Gasteiger partial charge in [0.1, 0.15) is 11.4 Å². The fourth-order valence-corrected chi connectivity index (χ4v) is 5.22. The molecule has 184 valence electrons. The molecule has 1 fully saturated rings. The van der Waals surface area contributed by atoms with E-state index in [0.717, 1.165) is 41.8 Å². The Morgan fingerprint density at radius 1 is 0.857 bits per heavy atom. The summed E-state index contributed by atoms with van der Waals surface area (Å²) in [5, 5.41) is 0. The molecule has 35 heavy (non-hydrogen) atoms. The van der Waals surface area contributed by atoms with E-state index in [1.165, 1.54) is 5.56 Å². The van der Waals surface area contributed by atoms with Gasteiger partial charge in [-0.2, -0.15) is 0 Å². The third-order valence-corrected chi connectivity index (χ3v) is 7.99. The summed E-state index contributed by atoms with van der Waals surface area (Å²) < 4.78 is 12.6. The predicted molar refractivity (Wildman–Crippen MR) is 141 cm³/mol. The SMILES string of the molecule is CCc1ccc(C(OCC2(C)CN(C=O)CC2(C)C)(c2ccccc2)c2ccc(OC)cc2)cc1. The van der Waals surface area contributed by atoms with Crippen LogP contribution in [0.15, 0.2) is 78.9 Å². The standard InChI is InChI=1S/C31H37NO3/c1-6-24-12-14-26(15-13-24)31(25-10-8-7-9-11-25,27-16-18-28(34-5)19-17-27)35-22-30(4)21-32(23-33)20-29(30,2)3/h7-19,23H,6,20-22H2,1-5H3. The average molecular weight is 472 g/mol. The maximum absolute atomic E-state index is 11.6. The number of ether oxygens (including phenoxy) is 2. The minimum atomic E-state index is -0.812. The van der Waals surface area contributed by atoms with Gasteiger partial charge in [-0.05, 0) is 46.2 Å². The first-order valence-corrected chi connectivity index (χ1v) is 12.4. The first-order chi connectivity index (χ1) is 16.8. The lowest BCUT2D eigenvalue weighted by Crippen LogP contribution is -2.43. The lowest BCUT2D eigenvalue weighted by molar-refractivity contribution is -0.117. The van der Waals surface area contributed by atoms with Crippen molar-refractivity contribution in [3.05, 3.63) is 101 Å². The monoisotopic (exact) mass is 471 g/mol. The van der Waals surface area contributed by atoms with E-state index in [0.29, 0.717) is 13.2 Å². The van der Waals surface area contributed by atoms with Crippen molar-refractivity contribution in [2.24, 2.45) is 10.8 Å². The van der Waals surface area contributed by atoms with Gasteiger partial charge in [-0.25, -0.2) is 0 Å². The number of carbonyl (C=O) groups is 1. The van der Waals surface area contributed by atoms with Crippen molar-refractivity contribution >= 4 is 6.41 Å². The molecule has 0 saturated carbocycles. The van der Waals surface area contributed by atoms with E-state index in [1.807, 2.05) is 23.1 Å². The van der Waals surface area contributed by atoms with Gasteiger partial charge in [0.15, 0.2) is 0 Å². The Balaban J connectivity index is 1.87. The van der Waals surface area contributed by atoms with Crippen LogP contribution in [0.4, 0.5) is 0 Å². The minimum Gasteiger partial charge on any atom is -0.497 e. The molecule has 4 heteroatoms. The highest BCUT2D eigenvalue weighted by molar-refractivity contribution is 5.50. The topological polar surface area (TPSA) is 38.8 Å². The maximum atomic E-state index is 11.6. The number of aryl methyl sites for hydroxylation is 1. The Bertz CT molecular complexity index is 1070. The Kier molecular flexibility index (Phi) is 7.05. The number of hydrogen-bond acceptors (Lipinski definition) is 3. The second-order valence-corrected chi connectivity index (χ2v) is 10.6. The first-order valence-electron chi connectivity index (χ1n) is 12.4. The van der Waals surface area contributed by atoms with Crippen LogP contribution in [0.2, 0.25) is 0 Å². The van der Waals surface area contributed by atoms with Crippen LogP contribution < -0.4 is 4.74 Å². The number of rotatable bonds is 9. The highest BCUT2D eigenvalue weighted by Gasteiger charge is 2.51. The summed E-state index contributed by atoms with van der Waals surface area (Å²) in [7, 11) is 1.68. The van der Waals surface area contributed by atoms with E-state index in [-0.39, 0.29) is 10.8 Å². The van der Waals surface area contributed by atoms with Crippen LogP contribution in [0, 0.1) is 10.8 Å². The highest BCUT2D eigenvalue weighted by atomic mass is 16.5. The Labute approximate surface area is 209 Å². The molecule has 3 aromatic carbocycles. The van der Waals surface area contributed by atoms with Gasteiger partial charge in [0.2, 0.25) is 6.41 Å². The molecule has 0 bridgehead atoms. The lowest BCUT2D eigenvalue weighted by Gasteiger charge is -2.42. The Hall–Kier alpha value is -3.11. The van der Waals surface area contributed by atoms with Crippen molar-refractivity contribution in [1.82, 2.24) is 4.90 Å². The molecule has 1 heterocycles. The summed E-state index contributed by atoms with van der Waals surface area (Å²) in [5.74, 6) is 0.808. The van der Waals surface area contributed by atoms with E-state index in [2.05, 4.69) is 88.4 Å². The van der Waals surface area contributed by atoms with Gasteiger partial charge in [0, 0.05) is 18.5 Å². The van der Waals surface area contributed by atoms with Crippen LogP contribution in [0.1, 0.15) is 49.9 Å². The summed E-state index contributed by atoms with van der Waals surface area (Å²) in [6.07, 6.45) is 1.94. The van der Waals surface area contributed by atoms with Crippen molar-refractivity contribution < 1.29 is 14.3 Å². The number of hydrogen-bond donors (Lipinski definition) is 0. The molecule has 0 aliphatic carbocycles. The molecular weight excluding hydrogens is 434 g/mol. The van der Waals surface area contributed by atoms with Gasteiger partial charge < -0.3 is 14.4 Å². The third-order valence-electron chi connectivity index (χ3n) is 7.99. The predicted octanol–water partition coefficient (Wildman–Crippen LogP) is 6.07. The largest absolute Gasteiger partial charge is 0.497 e. The zero-order valence-electron chi connectivity index (χ0n) is 21.6. The van der Waals surface area contributed by atoms with Crippen molar-refractivity contribution in [3.63, 3.8) is 0 Å². The summed E-state index contributed by atoms with van der Waals surface area (Å²) in [6.45, 7) is 10.8. The smallest absolute Gasteiger partial charge is 0.209 e. The van der Waals surface area contributed by atoms with Crippen LogP contribution in [0.5, 0.6) is 5.75 Å². The second-order valence-electron chi connectivity index (χ2n) is 10.6. The number of methoxy groups -OCH3 is 1. The number of amides is 1. The summed E-state index contributed by atoms with van der Waals surface area (Å²) >= 11 is 0. The molecule has 4 nitrogen and oxygen atoms in total. The lowest BCUT2D eigenvalue weighted by atomic mass is 9.69. The number of benzene rings is 3. The average Bonchev–Trinajstić information content (AvgIpc) is 3.13. The molecule has 1 aliphatic heterocycles. The maximum Gasteiger partial charge on any atom is 0.209 e. The van der Waals surface area contributed by atoms with Crippen LogP contribution in [-0.2, 0) is 21.6 Å². The van der Waals surface area contributed by atoms with E-state index in [4.69, 9.17) is 9.47 Å². The molecule has 4 rings (SSSR count). The zero-order chi connectivity index (χ0) is 25.1. The van der Waals surface area contributed by atoms with Crippen LogP contribution in [-0.4, -0.2) is 38.1 Å². The van der Waals surface area contributed by atoms with Crippen LogP contribution in [0.3, 0.4) is 0 Å². The Morgan fingerprint density at radius 3 is 1.94 bits per heavy atom. The number of likely N-dealkylation sites (tertiary alicyclic amines) is 1. The van der Waals surface area contributed by atoms with Crippen molar-refractivity contribution in [1.29, 1.82) is 0 Å². The van der Waals surface area contributed by atoms with E-state index >= 15 is 0 Å². The van der Waals surface area contributed by atoms with Crippen LogP contribution in [0.25, 0.3) is 0 Å². The fourth-order valence-electron chi connectivity index (χ4n) is 5.22. The second kappa shape index (κ2) is 9.87. The fraction of sp³-hybridized carbons (Fsp3) is 0.387. The molecular formula is C31H37NO3. The summed E-state index contributed by atoms with van der Waals surface area (Å²) in [6, 6.07) is 27.4. The summed E-state index contributed by atoms with van der Waals surface area (Å²) in [5.41, 5.74) is 3.38. The molecule has 1 saturated heterocycles. The van der Waals surface area contributed by atoms with E-state index in [9.17, 15) is 4.79 Å². The van der Waals surface area contributed by atoms with Gasteiger partial charge in [-0.1, -0.05) is 94.4 Å². The molecule has 1 amide bonds. The van der Waals surface area contributed by atoms with Gasteiger partial charge in [0.25, 0.3) is 0 Å². The molecule has 2 unspecified atom stereocenters. The van der Waals surface area contributed by atoms with E-state index in [1.54, 1.807) is 7.11 Å². The van der Waals surface area contributed by atoms with Gasteiger partial charge in [-0.3, -0.25) is 4.79 Å².